The van der Waals surface area contributed by atoms with E-state index < -0.39 is 12.1 Å². The van der Waals surface area contributed by atoms with Crippen molar-refractivity contribution in [1.29, 1.82) is 0 Å². The summed E-state index contributed by atoms with van der Waals surface area (Å²) in [7, 11) is 0. The SMILES string of the molecule is O=C(OCc1ccccc1)[C@@H]1CCCN1C(=O)[C@@H]1CCCN1C(=O)[C@@H]1CCCN1. The number of rotatable bonds is 5. The van der Waals surface area contributed by atoms with Gasteiger partial charge in [0.25, 0.3) is 0 Å². The highest BCUT2D eigenvalue weighted by Crippen LogP contribution is 2.27. The van der Waals surface area contributed by atoms with E-state index in [0.717, 1.165) is 37.8 Å². The smallest absolute Gasteiger partial charge is 0.329 e. The van der Waals surface area contributed by atoms with Crippen LogP contribution in [0.3, 0.4) is 0 Å². The highest BCUT2D eigenvalue weighted by molar-refractivity contribution is 5.93. The van der Waals surface area contributed by atoms with E-state index in [1.807, 2.05) is 30.3 Å². The largest absolute Gasteiger partial charge is 0.459 e. The Balaban J connectivity index is 1.38. The van der Waals surface area contributed by atoms with E-state index in [2.05, 4.69) is 5.32 Å². The van der Waals surface area contributed by atoms with Crippen molar-refractivity contribution in [3.05, 3.63) is 35.9 Å². The summed E-state index contributed by atoms with van der Waals surface area (Å²) in [4.78, 5) is 42.2. The molecule has 0 unspecified atom stereocenters. The molecule has 1 aromatic carbocycles. The predicted octanol–water partition coefficient (Wildman–Crippen LogP) is 1.46. The van der Waals surface area contributed by atoms with E-state index in [9.17, 15) is 14.4 Å². The molecule has 0 aromatic heterocycles. The maximum absolute atomic E-state index is 13.3. The molecule has 29 heavy (non-hydrogen) atoms. The topological polar surface area (TPSA) is 79.0 Å². The molecule has 3 atom stereocenters. The van der Waals surface area contributed by atoms with Gasteiger partial charge in [-0.3, -0.25) is 9.59 Å². The lowest BCUT2D eigenvalue weighted by Crippen LogP contribution is -2.54. The lowest BCUT2D eigenvalue weighted by Gasteiger charge is -2.31. The van der Waals surface area contributed by atoms with Crippen molar-refractivity contribution in [2.45, 2.75) is 63.3 Å². The zero-order chi connectivity index (χ0) is 20.2. The number of carbonyl (C=O) groups is 3. The molecule has 3 fully saturated rings. The first kappa shape index (κ1) is 19.9. The quantitative estimate of drug-likeness (QED) is 0.759. The normalized spacial score (nSPS) is 26.7. The van der Waals surface area contributed by atoms with E-state index in [1.54, 1.807) is 9.80 Å². The van der Waals surface area contributed by atoms with Gasteiger partial charge < -0.3 is 19.9 Å². The fraction of sp³-hybridized carbons (Fsp3) is 0.591. The monoisotopic (exact) mass is 399 g/mol. The summed E-state index contributed by atoms with van der Waals surface area (Å²) in [6.45, 7) is 2.22. The van der Waals surface area contributed by atoms with E-state index in [1.165, 1.54) is 0 Å². The van der Waals surface area contributed by atoms with Gasteiger partial charge in [-0.1, -0.05) is 30.3 Å². The van der Waals surface area contributed by atoms with Crippen LogP contribution in [0.1, 0.15) is 44.1 Å². The molecule has 156 valence electrons. The maximum Gasteiger partial charge on any atom is 0.329 e. The second-order valence-corrected chi connectivity index (χ2v) is 8.12. The second-order valence-electron chi connectivity index (χ2n) is 8.12. The second kappa shape index (κ2) is 8.95. The summed E-state index contributed by atoms with van der Waals surface area (Å²) in [6.07, 6.45) is 4.70. The van der Waals surface area contributed by atoms with E-state index in [-0.39, 0.29) is 30.4 Å². The number of hydrogen-bond acceptors (Lipinski definition) is 5. The molecule has 3 aliphatic rings. The van der Waals surface area contributed by atoms with Gasteiger partial charge in [-0.25, -0.2) is 4.79 Å². The minimum Gasteiger partial charge on any atom is -0.459 e. The van der Waals surface area contributed by atoms with Gasteiger partial charge in [-0.2, -0.15) is 0 Å². The molecule has 0 aliphatic carbocycles. The first-order valence-electron chi connectivity index (χ1n) is 10.7. The maximum atomic E-state index is 13.3. The third-order valence-corrected chi connectivity index (χ3v) is 6.21. The van der Waals surface area contributed by atoms with Crippen molar-refractivity contribution < 1.29 is 19.1 Å². The van der Waals surface area contributed by atoms with Crippen LogP contribution in [0.15, 0.2) is 30.3 Å². The number of esters is 1. The fourth-order valence-corrected chi connectivity index (χ4v) is 4.67. The molecule has 1 N–H and O–H groups in total. The standard InChI is InChI=1S/C22H29N3O4/c26-20(17-9-4-12-23-17)24-13-5-10-18(24)21(27)25-14-6-11-19(25)22(28)29-15-16-7-2-1-3-8-16/h1-3,7-8,17-19,23H,4-6,9-15H2/t17-,18-,19-/m0/s1. The van der Waals surface area contributed by atoms with Crippen LogP contribution < -0.4 is 5.32 Å². The Morgan fingerprint density at radius 3 is 2.28 bits per heavy atom. The zero-order valence-electron chi connectivity index (χ0n) is 16.7. The molecule has 0 bridgehead atoms. The highest BCUT2D eigenvalue weighted by Gasteiger charge is 2.43. The van der Waals surface area contributed by atoms with Crippen LogP contribution in [0.4, 0.5) is 0 Å². The number of nitrogens with zero attached hydrogens (tertiary/aromatic N) is 2. The lowest BCUT2D eigenvalue weighted by atomic mass is 10.1. The molecule has 3 aliphatic heterocycles. The van der Waals surface area contributed by atoms with Crippen LogP contribution in [0.2, 0.25) is 0 Å². The highest BCUT2D eigenvalue weighted by atomic mass is 16.5. The first-order valence-corrected chi connectivity index (χ1v) is 10.7. The molecule has 3 heterocycles. The van der Waals surface area contributed by atoms with E-state index in [0.29, 0.717) is 25.9 Å². The van der Waals surface area contributed by atoms with Gasteiger partial charge in [0.15, 0.2) is 0 Å². The number of carbonyl (C=O) groups excluding carboxylic acids is 3. The molecule has 0 saturated carbocycles. The van der Waals surface area contributed by atoms with Gasteiger partial charge in [0.2, 0.25) is 11.8 Å². The number of amides is 2. The molecule has 0 spiro atoms. The van der Waals surface area contributed by atoms with Crippen molar-refractivity contribution in [3.8, 4) is 0 Å². The van der Waals surface area contributed by atoms with Gasteiger partial charge in [-0.15, -0.1) is 0 Å². The van der Waals surface area contributed by atoms with Gasteiger partial charge >= 0.3 is 5.97 Å². The fourth-order valence-electron chi connectivity index (χ4n) is 4.67. The summed E-state index contributed by atoms with van der Waals surface area (Å²) in [5.74, 6) is -0.429. The van der Waals surface area contributed by atoms with Crippen LogP contribution in [-0.2, 0) is 25.7 Å². The Labute approximate surface area is 171 Å². The number of hydrogen-bond donors (Lipinski definition) is 1. The van der Waals surface area contributed by atoms with Crippen molar-refractivity contribution in [2.75, 3.05) is 19.6 Å². The average molecular weight is 399 g/mol. The van der Waals surface area contributed by atoms with Gasteiger partial charge in [0.1, 0.15) is 18.7 Å². The molecule has 3 saturated heterocycles. The number of ether oxygens (including phenoxy) is 1. The summed E-state index contributed by atoms with van der Waals surface area (Å²) >= 11 is 0. The molecule has 7 nitrogen and oxygen atoms in total. The van der Waals surface area contributed by atoms with E-state index >= 15 is 0 Å². The summed E-state index contributed by atoms with van der Waals surface area (Å²) in [5, 5.41) is 3.23. The summed E-state index contributed by atoms with van der Waals surface area (Å²) < 4.78 is 5.49. The van der Waals surface area contributed by atoms with Crippen molar-refractivity contribution >= 4 is 17.8 Å². The number of nitrogens with one attached hydrogen (secondary N) is 1. The van der Waals surface area contributed by atoms with Gasteiger partial charge in [-0.05, 0) is 50.6 Å². The Morgan fingerprint density at radius 2 is 1.59 bits per heavy atom. The third kappa shape index (κ3) is 4.29. The summed E-state index contributed by atoms with van der Waals surface area (Å²) in [6, 6.07) is 8.36. The average Bonchev–Trinajstić information content (AvgIpc) is 3.52. The number of benzene rings is 1. The molecule has 7 heteroatoms. The van der Waals surface area contributed by atoms with Gasteiger partial charge in [0.05, 0.1) is 6.04 Å². The first-order chi connectivity index (χ1) is 14.1. The van der Waals surface area contributed by atoms with Crippen LogP contribution in [0.25, 0.3) is 0 Å². The Morgan fingerprint density at radius 1 is 0.897 bits per heavy atom. The Hall–Kier alpha value is -2.41. The molecule has 2 amide bonds. The van der Waals surface area contributed by atoms with Crippen molar-refractivity contribution in [3.63, 3.8) is 0 Å². The minimum absolute atomic E-state index is 0.0285. The zero-order valence-corrected chi connectivity index (χ0v) is 16.7. The molecular formula is C22H29N3O4. The van der Waals surface area contributed by atoms with Crippen LogP contribution in [-0.4, -0.2) is 65.3 Å². The molecular weight excluding hydrogens is 370 g/mol. The third-order valence-electron chi connectivity index (χ3n) is 6.21. The van der Waals surface area contributed by atoms with Gasteiger partial charge in [0, 0.05) is 13.1 Å². The van der Waals surface area contributed by atoms with Crippen LogP contribution >= 0.6 is 0 Å². The molecule has 1 aromatic rings. The number of likely N-dealkylation sites (tertiary alicyclic amines) is 2. The summed E-state index contributed by atoms with van der Waals surface area (Å²) in [5.41, 5.74) is 0.924. The molecule has 4 rings (SSSR count). The lowest BCUT2D eigenvalue weighted by molar-refractivity contribution is -0.156. The predicted molar refractivity (Wildman–Crippen MR) is 107 cm³/mol. The van der Waals surface area contributed by atoms with Crippen molar-refractivity contribution in [1.82, 2.24) is 15.1 Å². The Kier molecular flexibility index (Phi) is 6.13. The van der Waals surface area contributed by atoms with Crippen molar-refractivity contribution in [2.24, 2.45) is 0 Å². The van der Waals surface area contributed by atoms with E-state index in [4.69, 9.17) is 4.74 Å². The minimum atomic E-state index is -0.548. The van der Waals surface area contributed by atoms with Crippen LogP contribution in [0, 0.1) is 0 Å². The Bertz CT molecular complexity index is 748. The molecule has 0 radical (unpaired) electrons. The van der Waals surface area contributed by atoms with Crippen LogP contribution in [0.5, 0.6) is 0 Å².